The minimum Gasteiger partial charge on any atom is -0.463 e. The Labute approximate surface area is 270 Å². The van der Waals surface area contributed by atoms with E-state index in [0.717, 1.165) is 64.2 Å². The number of aliphatic hydroxyl groups is 4. The summed E-state index contributed by atoms with van der Waals surface area (Å²) >= 11 is 0. The largest absolute Gasteiger partial charge is 0.463 e. The molecular weight excluding hydrogens is 558 g/mol. The van der Waals surface area contributed by atoms with E-state index in [2.05, 4.69) is 5.32 Å². The molecule has 0 saturated carbocycles. The van der Waals surface area contributed by atoms with Crippen molar-refractivity contribution in [2.24, 2.45) is 0 Å². The molecule has 5 N–H and O–H groups in total. The normalized spacial score (nSPS) is 11.6. The van der Waals surface area contributed by atoms with Gasteiger partial charge in [-0.2, -0.15) is 0 Å². The van der Waals surface area contributed by atoms with Gasteiger partial charge in [0, 0.05) is 26.1 Å². The van der Waals surface area contributed by atoms with Gasteiger partial charge >= 0.3 is 5.97 Å². The molecule has 0 aromatic rings. The van der Waals surface area contributed by atoms with Crippen molar-refractivity contribution in [1.82, 2.24) is 5.32 Å². The molecule has 0 spiro atoms. The van der Waals surface area contributed by atoms with Crippen LogP contribution in [0.2, 0.25) is 0 Å². The van der Waals surface area contributed by atoms with Gasteiger partial charge in [-0.15, -0.1) is 0 Å². The monoisotopic (exact) mass is 630 g/mol. The van der Waals surface area contributed by atoms with Crippen LogP contribution in [-0.2, 0) is 14.3 Å². The highest BCUT2D eigenvalue weighted by atomic mass is 16.5. The maximum absolute atomic E-state index is 12.5. The van der Waals surface area contributed by atoms with Gasteiger partial charge in [-0.05, 0) is 25.7 Å². The van der Waals surface area contributed by atoms with E-state index >= 15 is 0 Å². The fraction of sp³-hybridized carbons (Fsp3) is 0.944. The second-order valence-corrected chi connectivity index (χ2v) is 12.9. The van der Waals surface area contributed by atoms with Crippen LogP contribution in [0.4, 0.5) is 0 Å². The first-order valence-electron chi connectivity index (χ1n) is 18.4. The number of rotatable bonds is 35. The third-order valence-electron chi connectivity index (χ3n) is 8.62. The van der Waals surface area contributed by atoms with Crippen molar-refractivity contribution in [3.63, 3.8) is 0 Å². The first kappa shape index (κ1) is 42.8. The number of carbonyl (C=O) groups is 2. The third kappa shape index (κ3) is 28.3. The Bertz CT molecular complexity index is 628. The van der Waals surface area contributed by atoms with Crippen LogP contribution in [0.15, 0.2) is 0 Å². The molecule has 0 fully saturated rings. The molecule has 44 heavy (non-hydrogen) atoms. The number of amides is 1. The number of carbonyl (C=O) groups excluding carboxylic acids is 2. The summed E-state index contributed by atoms with van der Waals surface area (Å²) in [6.45, 7) is -0.589. The lowest BCUT2D eigenvalue weighted by atomic mass is 10.0. The molecule has 8 nitrogen and oxygen atoms in total. The first-order chi connectivity index (χ1) is 21.5. The van der Waals surface area contributed by atoms with E-state index in [1.165, 1.54) is 103 Å². The second kappa shape index (κ2) is 33.2. The Hall–Kier alpha value is -1.22. The van der Waals surface area contributed by atoms with Gasteiger partial charge in [0.25, 0.3) is 0 Å². The quantitative estimate of drug-likeness (QED) is 0.0367. The van der Waals surface area contributed by atoms with Crippen molar-refractivity contribution in [2.75, 3.05) is 33.0 Å². The molecule has 0 atom stereocenters. The molecular formula is C36H71NO7. The highest BCUT2D eigenvalue weighted by molar-refractivity contribution is 5.77. The molecule has 0 aromatic heterocycles. The molecule has 1 amide bonds. The van der Waals surface area contributed by atoms with Crippen LogP contribution in [0.5, 0.6) is 0 Å². The second-order valence-electron chi connectivity index (χ2n) is 12.9. The zero-order valence-electron chi connectivity index (χ0n) is 28.3. The van der Waals surface area contributed by atoms with Crippen molar-refractivity contribution in [3.8, 4) is 0 Å². The van der Waals surface area contributed by atoms with Crippen molar-refractivity contribution >= 4 is 11.9 Å². The summed E-state index contributed by atoms with van der Waals surface area (Å²) in [6, 6.07) is 0. The smallest absolute Gasteiger partial charge is 0.305 e. The maximum Gasteiger partial charge on any atom is 0.305 e. The number of hydrogen-bond donors (Lipinski definition) is 5. The first-order valence-corrected chi connectivity index (χ1v) is 18.4. The molecule has 0 saturated heterocycles. The summed E-state index contributed by atoms with van der Waals surface area (Å²) in [5, 5.41) is 40.0. The lowest BCUT2D eigenvalue weighted by molar-refractivity contribution is -0.149. The van der Waals surface area contributed by atoms with Gasteiger partial charge in [0.2, 0.25) is 5.91 Å². The standard InChI is InChI=1S/C36H71NO7/c38-29-25-21-17-13-9-5-1-3-7-11-15-19-23-27-34(42)37-36(31-40,32-41)33-44-35(43)28-24-20-16-12-8-4-2-6-10-14-18-22-26-30-39/h38-41H,1-33H2,(H,37,42). The average molecular weight is 630 g/mol. The Balaban J connectivity index is 3.77. The summed E-state index contributed by atoms with van der Waals surface area (Å²) in [6.07, 6.45) is 30.6. The van der Waals surface area contributed by atoms with E-state index in [4.69, 9.17) is 14.9 Å². The summed E-state index contributed by atoms with van der Waals surface area (Å²) in [5.74, 6) is -0.594. The molecule has 0 radical (unpaired) electrons. The van der Waals surface area contributed by atoms with Crippen molar-refractivity contribution in [2.45, 2.75) is 185 Å². The van der Waals surface area contributed by atoms with Crippen LogP contribution in [0.1, 0.15) is 180 Å². The minimum atomic E-state index is -1.34. The van der Waals surface area contributed by atoms with Crippen LogP contribution < -0.4 is 5.32 Å². The lowest BCUT2D eigenvalue weighted by Gasteiger charge is -2.30. The number of unbranched alkanes of at least 4 members (excludes halogenated alkanes) is 24. The SMILES string of the molecule is O=C(CCCCCCCCCCCCCCCO)NC(CO)(CO)COC(=O)CCCCCCCCCCCCCCCO. The Morgan fingerprint density at radius 3 is 1.05 bits per heavy atom. The molecule has 0 heterocycles. The van der Waals surface area contributed by atoms with Crippen LogP contribution >= 0.6 is 0 Å². The average Bonchev–Trinajstić information content (AvgIpc) is 3.03. The van der Waals surface area contributed by atoms with E-state index in [1.807, 2.05) is 0 Å². The number of aliphatic hydroxyl groups excluding tert-OH is 4. The van der Waals surface area contributed by atoms with Crippen LogP contribution in [0, 0.1) is 0 Å². The van der Waals surface area contributed by atoms with Gasteiger partial charge in [-0.1, -0.05) is 141 Å². The highest BCUT2D eigenvalue weighted by Crippen LogP contribution is 2.15. The van der Waals surface area contributed by atoms with E-state index < -0.39 is 18.8 Å². The number of hydrogen-bond acceptors (Lipinski definition) is 7. The predicted molar refractivity (Wildman–Crippen MR) is 179 cm³/mol. The molecule has 0 aliphatic heterocycles. The molecule has 0 aromatic carbocycles. The topological polar surface area (TPSA) is 136 Å². The minimum absolute atomic E-state index is 0.228. The van der Waals surface area contributed by atoms with Gasteiger partial charge in [0.15, 0.2) is 0 Å². The van der Waals surface area contributed by atoms with Gasteiger partial charge in [-0.3, -0.25) is 9.59 Å². The summed E-state index contributed by atoms with van der Waals surface area (Å²) in [7, 11) is 0. The molecule has 8 heteroatoms. The fourth-order valence-corrected chi connectivity index (χ4v) is 5.57. The van der Waals surface area contributed by atoms with E-state index in [-0.39, 0.29) is 18.5 Å². The highest BCUT2D eigenvalue weighted by Gasteiger charge is 2.32. The number of nitrogens with one attached hydrogen (secondary N) is 1. The molecule has 262 valence electrons. The number of ether oxygens (including phenoxy) is 1. The Morgan fingerprint density at radius 1 is 0.432 bits per heavy atom. The predicted octanol–water partition coefficient (Wildman–Crippen LogP) is 7.28. The van der Waals surface area contributed by atoms with Gasteiger partial charge in [0.05, 0.1) is 13.2 Å². The maximum atomic E-state index is 12.5. The van der Waals surface area contributed by atoms with Gasteiger partial charge in [-0.25, -0.2) is 0 Å². The van der Waals surface area contributed by atoms with Crippen LogP contribution in [-0.4, -0.2) is 70.9 Å². The third-order valence-corrected chi connectivity index (χ3v) is 8.62. The summed E-state index contributed by atoms with van der Waals surface area (Å²) in [4.78, 5) is 24.7. The number of esters is 1. The summed E-state index contributed by atoms with van der Waals surface area (Å²) in [5.41, 5.74) is -1.34. The Kier molecular flexibility index (Phi) is 32.2. The zero-order valence-corrected chi connectivity index (χ0v) is 28.3. The summed E-state index contributed by atoms with van der Waals surface area (Å²) < 4.78 is 5.34. The van der Waals surface area contributed by atoms with E-state index in [0.29, 0.717) is 26.1 Å². The lowest BCUT2D eigenvalue weighted by Crippen LogP contribution is -2.57. The van der Waals surface area contributed by atoms with E-state index in [9.17, 15) is 19.8 Å². The van der Waals surface area contributed by atoms with Crippen molar-refractivity contribution in [1.29, 1.82) is 0 Å². The molecule has 0 aliphatic rings. The van der Waals surface area contributed by atoms with Gasteiger partial charge in [0.1, 0.15) is 12.1 Å². The molecule has 0 aliphatic carbocycles. The van der Waals surface area contributed by atoms with Crippen molar-refractivity contribution < 1.29 is 34.8 Å². The zero-order chi connectivity index (χ0) is 32.4. The van der Waals surface area contributed by atoms with Crippen LogP contribution in [0.3, 0.4) is 0 Å². The van der Waals surface area contributed by atoms with Crippen LogP contribution in [0.25, 0.3) is 0 Å². The van der Waals surface area contributed by atoms with E-state index in [1.54, 1.807) is 0 Å². The van der Waals surface area contributed by atoms with Gasteiger partial charge < -0.3 is 30.5 Å². The molecule has 0 rings (SSSR count). The molecule has 0 unspecified atom stereocenters. The fourth-order valence-electron chi connectivity index (χ4n) is 5.57. The molecule has 0 bridgehead atoms. The van der Waals surface area contributed by atoms with Crippen molar-refractivity contribution in [3.05, 3.63) is 0 Å². The Morgan fingerprint density at radius 2 is 0.727 bits per heavy atom.